The largest absolute Gasteiger partial charge is 0.487 e. The highest BCUT2D eigenvalue weighted by atomic mass is 32.2. The fraction of sp³-hybridized carbons (Fsp3) is 0.435. The van der Waals surface area contributed by atoms with Crippen molar-refractivity contribution >= 4 is 16.0 Å². The van der Waals surface area contributed by atoms with Gasteiger partial charge in [0, 0.05) is 25.1 Å². The molecule has 0 aliphatic carbocycles. The van der Waals surface area contributed by atoms with Crippen LogP contribution in [0.2, 0.25) is 0 Å². The van der Waals surface area contributed by atoms with Crippen molar-refractivity contribution < 1.29 is 13.2 Å². The molecule has 0 bridgehead atoms. The third-order valence-corrected chi connectivity index (χ3v) is 6.30. The maximum Gasteiger partial charge on any atom is 0.213 e. The molecule has 1 atom stereocenters. The number of guanidine groups is 1. The molecule has 8 heteroatoms. The normalized spacial score (nSPS) is 18.0. The number of nitrogens with one attached hydrogen (secondary N) is 3. The predicted octanol–water partition coefficient (Wildman–Crippen LogP) is 2.96. The molecule has 0 fully saturated rings. The van der Waals surface area contributed by atoms with Gasteiger partial charge < -0.3 is 15.4 Å². The maximum atomic E-state index is 12.3. The molecule has 0 saturated carbocycles. The summed E-state index contributed by atoms with van der Waals surface area (Å²) in [4.78, 5) is 4.50. The summed E-state index contributed by atoms with van der Waals surface area (Å²) in [6, 6.07) is 17.4. The third-order valence-electron chi connectivity index (χ3n) is 5.00. The zero-order valence-corrected chi connectivity index (χ0v) is 19.2. The van der Waals surface area contributed by atoms with Crippen LogP contribution in [-0.4, -0.2) is 38.8 Å². The van der Waals surface area contributed by atoms with E-state index in [0.29, 0.717) is 12.5 Å². The van der Waals surface area contributed by atoms with E-state index >= 15 is 0 Å². The lowest BCUT2D eigenvalue weighted by Gasteiger charge is -2.38. The topological polar surface area (TPSA) is 91.8 Å². The molecular weight excluding hydrogens is 412 g/mol. The van der Waals surface area contributed by atoms with Crippen molar-refractivity contribution in [2.45, 2.75) is 45.4 Å². The van der Waals surface area contributed by atoms with E-state index < -0.39 is 10.0 Å². The molecule has 0 saturated heterocycles. The van der Waals surface area contributed by atoms with Gasteiger partial charge in [0.25, 0.3) is 0 Å². The van der Waals surface area contributed by atoms with Crippen LogP contribution in [0.15, 0.2) is 59.6 Å². The quantitative estimate of drug-likeness (QED) is 0.430. The van der Waals surface area contributed by atoms with Gasteiger partial charge in [-0.3, -0.25) is 4.99 Å². The van der Waals surface area contributed by atoms with Gasteiger partial charge in [-0.1, -0.05) is 48.5 Å². The van der Waals surface area contributed by atoms with Crippen LogP contribution >= 0.6 is 0 Å². The zero-order valence-electron chi connectivity index (χ0n) is 18.4. The third kappa shape index (κ3) is 6.97. The Bertz CT molecular complexity index is 991. The molecule has 0 amide bonds. The molecule has 1 aliphatic rings. The Labute approximate surface area is 185 Å². The first-order valence-corrected chi connectivity index (χ1v) is 12.3. The summed E-state index contributed by atoms with van der Waals surface area (Å²) in [7, 11) is -3.42. The van der Waals surface area contributed by atoms with Gasteiger partial charge in [0.2, 0.25) is 10.0 Å². The molecule has 2 aromatic carbocycles. The second-order valence-electron chi connectivity index (χ2n) is 8.19. The average Bonchev–Trinajstić information content (AvgIpc) is 2.72. The number of sulfonamides is 1. The Kier molecular flexibility index (Phi) is 7.56. The number of rotatable bonds is 8. The van der Waals surface area contributed by atoms with Gasteiger partial charge in [0.15, 0.2) is 5.96 Å². The first-order valence-electron chi connectivity index (χ1n) is 10.6. The van der Waals surface area contributed by atoms with Gasteiger partial charge in [0.05, 0.1) is 18.3 Å². The SMILES string of the molecule is CCNC(=NCCS(=O)(=O)NCc1ccccc1)NC1CC(C)(C)Oc2ccccc21. The van der Waals surface area contributed by atoms with Gasteiger partial charge in [-0.2, -0.15) is 0 Å². The maximum absolute atomic E-state index is 12.3. The Hall–Kier alpha value is -2.58. The van der Waals surface area contributed by atoms with Crippen LogP contribution in [0.4, 0.5) is 0 Å². The number of fused-ring (bicyclic) bond motifs is 1. The van der Waals surface area contributed by atoms with Crippen molar-refractivity contribution in [1.29, 1.82) is 0 Å². The molecule has 0 radical (unpaired) electrons. The number of hydrogen-bond donors (Lipinski definition) is 3. The lowest BCUT2D eigenvalue weighted by Crippen LogP contribution is -2.45. The standard InChI is InChI=1S/C23H32N4O3S/c1-4-24-22(25-14-15-31(28,29)26-17-18-10-6-5-7-11-18)27-20-16-23(2,3)30-21-13-9-8-12-19(20)21/h5-13,20,26H,4,14-17H2,1-3H3,(H2,24,25,27). The van der Waals surface area contributed by atoms with Crippen LogP contribution in [0.5, 0.6) is 5.75 Å². The van der Waals surface area contributed by atoms with Crippen LogP contribution in [0.1, 0.15) is 44.4 Å². The first kappa shape index (κ1) is 23.1. The van der Waals surface area contributed by atoms with Crippen LogP contribution in [0.3, 0.4) is 0 Å². The van der Waals surface area contributed by atoms with E-state index in [1.54, 1.807) is 0 Å². The molecule has 7 nitrogen and oxygen atoms in total. The summed E-state index contributed by atoms with van der Waals surface area (Å²) in [5.41, 5.74) is 1.68. The van der Waals surface area contributed by atoms with E-state index in [9.17, 15) is 8.42 Å². The fourth-order valence-corrected chi connectivity index (χ4v) is 4.42. The van der Waals surface area contributed by atoms with Gasteiger partial charge >= 0.3 is 0 Å². The summed E-state index contributed by atoms with van der Waals surface area (Å²) in [5, 5.41) is 6.67. The number of benzene rings is 2. The predicted molar refractivity (Wildman–Crippen MR) is 125 cm³/mol. The summed E-state index contributed by atoms with van der Waals surface area (Å²) in [6.07, 6.45) is 0.769. The second-order valence-corrected chi connectivity index (χ2v) is 10.1. The van der Waals surface area contributed by atoms with E-state index in [-0.39, 0.29) is 30.5 Å². The van der Waals surface area contributed by atoms with Gasteiger partial charge in [-0.15, -0.1) is 0 Å². The molecule has 3 N–H and O–H groups in total. The molecule has 1 aliphatic heterocycles. The number of aliphatic imine (C=N–C) groups is 1. The van der Waals surface area contributed by atoms with Crippen LogP contribution in [0.25, 0.3) is 0 Å². The van der Waals surface area contributed by atoms with Crippen molar-refractivity contribution in [2.24, 2.45) is 4.99 Å². The van der Waals surface area contributed by atoms with Crippen molar-refractivity contribution in [1.82, 2.24) is 15.4 Å². The lowest BCUT2D eigenvalue weighted by atomic mass is 9.90. The molecular formula is C23H32N4O3S. The Morgan fingerprint density at radius 3 is 2.58 bits per heavy atom. The minimum atomic E-state index is -3.42. The highest BCUT2D eigenvalue weighted by molar-refractivity contribution is 7.89. The monoisotopic (exact) mass is 444 g/mol. The zero-order chi connectivity index (χ0) is 22.3. The van der Waals surface area contributed by atoms with E-state index in [4.69, 9.17) is 4.74 Å². The summed E-state index contributed by atoms with van der Waals surface area (Å²) in [5.74, 6) is 1.38. The number of hydrogen-bond acceptors (Lipinski definition) is 4. The van der Waals surface area contributed by atoms with Crippen molar-refractivity contribution in [2.75, 3.05) is 18.8 Å². The Balaban J connectivity index is 1.62. The van der Waals surface area contributed by atoms with E-state index in [1.807, 2.05) is 61.5 Å². The van der Waals surface area contributed by atoms with Crippen LogP contribution < -0.4 is 20.1 Å². The van der Waals surface area contributed by atoms with Gasteiger partial charge in [-0.05, 0) is 32.4 Å². The van der Waals surface area contributed by atoms with Gasteiger partial charge in [-0.25, -0.2) is 13.1 Å². The van der Waals surface area contributed by atoms with Gasteiger partial charge in [0.1, 0.15) is 11.4 Å². The first-order chi connectivity index (χ1) is 14.8. The van der Waals surface area contributed by atoms with E-state index in [1.165, 1.54) is 0 Å². The molecule has 0 aromatic heterocycles. The minimum Gasteiger partial charge on any atom is -0.487 e. The summed E-state index contributed by atoms with van der Waals surface area (Å²) < 4.78 is 33.4. The molecule has 168 valence electrons. The van der Waals surface area contributed by atoms with Crippen molar-refractivity contribution in [3.05, 3.63) is 65.7 Å². The minimum absolute atomic E-state index is 0.0190. The smallest absolute Gasteiger partial charge is 0.213 e. The second kappa shape index (κ2) is 10.2. The van der Waals surface area contributed by atoms with Crippen LogP contribution in [0, 0.1) is 0 Å². The van der Waals surface area contributed by atoms with E-state index in [0.717, 1.165) is 23.3 Å². The molecule has 2 aromatic rings. The van der Waals surface area contributed by atoms with Crippen molar-refractivity contribution in [3.8, 4) is 5.75 Å². The van der Waals surface area contributed by atoms with Crippen LogP contribution in [-0.2, 0) is 16.6 Å². The number of para-hydroxylation sites is 1. The molecule has 3 rings (SSSR count). The summed E-state index contributed by atoms with van der Waals surface area (Å²) in [6.45, 7) is 7.22. The number of ether oxygens (including phenoxy) is 1. The Morgan fingerprint density at radius 2 is 1.84 bits per heavy atom. The van der Waals surface area contributed by atoms with Crippen molar-refractivity contribution in [3.63, 3.8) is 0 Å². The number of nitrogens with zero attached hydrogens (tertiary/aromatic N) is 1. The highest BCUT2D eigenvalue weighted by Gasteiger charge is 2.33. The fourth-order valence-electron chi connectivity index (χ4n) is 3.56. The highest BCUT2D eigenvalue weighted by Crippen LogP contribution is 2.39. The summed E-state index contributed by atoms with van der Waals surface area (Å²) >= 11 is 0. The molecule has 1 unspecified atom stereocenters. The molecule has 31 heavy (non-hydrogen) atoms. The van der Waals surface area contributed by atoms with E-state index in [2.05, 4.69) is 34.2 Å². The molecule has 0 spiro atoms. The lowest BCUT2D eigenvalue weighted by molar-refractivity contribution is 0.0694. The molecule has 1 heterocycles. The average molecular weight is 445 g/mol. The Morgan fingerprint density at radius 1 is 1.13 bits per heavy atom.